The largest absolute Gasteiger partial charge is 0.508 e. The van der Waals surface area contributed by atoms with E-state index in [1.54, 1.807) is 32.2 Å². The number of nitrogens with two attached hydrogens (primary N) is 1. The van der Waals surface area contributed by atoms with Crippen LogP contribution in [0.1, 0.15) is 31.9 Å². The fourth-order valence-electron chi connectivity index (χ4n) is 4.15. The molecule has 39 heavy (non-hydrogen) atoms. The summed E-state index contributed by atoms with van der Waals surface area (Å²) in [6, 6.07) is 9.29. The maximum Gasteiger partial charge on any atom is 0.326 e. The molecule has 2 aromatic carbocycles. The van der Waals surface area contributed by atoms with Crippen LogP contribution in [-0.2, 0) is 32.0 Å². The summed E-state index contributed by atoms with van der Waals surface area (Å²) >= 11 is 0. The van der Waals surface area contributed by atoms with Gasteiger partial charge in [-0.1, -0.05) is 44.2 Å². The van der Waals surface area contributed by atoms with Crippen molar-refractivity contribution in [2.45, 2.75) is 57.8 Å². The summed E-state index contributed by atoms with van der Waals surface area (Å²) in [7, 11) is 0. The molecule has 0 aliphatic carbocycles. The highest BCUT2D eigenvalue weighted by molar-refractivity contribution is 5.95. The van der Waals surface area contributed by atoms with Crippen molar-refractivity contribution < 1.29 is 29.4 Å². The van der Waals surface area contributed by atoms with Crippen molar-refractivity contribution >= 4 is 34.6 Å². The zero-order chi connectivity index (χ0) is 28.7. The molecule has 0 aliphatic rings. The van der Waals surface area contributed by atoms with Gasteiger partial charge in [-0.25, -0.2) is 4.79 Å². The van der Waals surface area contributed by atoms with E-state index >= 15 is 0 Å². The summed E-state index contributed by atoms with van der Waals surface area (Å²) in [5, 5.41) is 27.9. The lowest BCUT2D eigenvalue weighted by atomic mass is 9.99. The Morgan fingerprint density at radius 2 is 1.49 bits per heavy atom. The Balaban J connectivity index is 1.78. The first-order chi connectivity index (χ1) is 18.5. The van der Waals surface area contributed by atoms with Crippen LogP contribution >= 0.6 is 0 Å². The number of rotatable bonds is 12. The third-order valence-corrected chi connectivity index (χ3v) is 6.38. The predicted octanol–water partition coefficient (Wildman–Crippen LogP) is 1.20. The van der Waals surface area contributed by atoms with E-state index in [-0.39, 0.29) is 18.6 Å². The first kappa shape index (κ1) is 29.2. The standard InChI is InChI=1S/C28H35N5O6/c1-15(2)24(27(37)32-23(28(38)39)12-17-8-10-19(34)11-9-17)33-26(36)22(31-25(35)16(3)29)13-18-14-30-21-7-5-4-6-20(18)21/h4-11,14-16,22-24,30,34H,12-13,29H2,1-3H3,(H,31,35)(H,32,37)(H,33,36)(H,38,39). The zero-order valence-electron chi connectivity index (χ0n) is 22.1. The van der Waals surface area contributed by atoms with Crippen LogP contribution in [0, 0.1) is 5.92 Å². The molecular formula is C28H35N5O6. The Kier molecular flexibility index (Phi) is 9.67. The Labute approximate surface area is 226 Å². The number of carbonyl (C=O) groups is 4. The van der Waals surface area contributed by atoms with Crippen molar-refractivity contribution in [3.8, 4) is 5.75 Å². The third-order valence-electron chi connectivity index (χ3n) is 6.38. The summed E-state index contributed by atoms with van der Waals surface area (Å²) < 4.78 is 0. The molecule has 0 fully saturated rings. The van der Waals surface area contributed by atoms with E-state index in [2.05, 4.69) is 20.9 Å². The Bertz CT molecular complexity index is 1320. The molecule has 0 saturated heterocycles. The quantitative estimate of drug-likeness (QED) is 0.181. The molecule has 1 heterocycles. The first-order valence-corrected chi connectivity index (χ1v) is 12.7. The number of benzene rings is 2. The number of hydrogen-bond donors (Lipinski definition) is 7. The molecule has 1 aromatic heterocycles. The predicted molar refractivity (Wildman–Crippen MR) is 146 cm³/mol. The van der Waals surface area contributed by atoms with E-state index in [1.165, 1.54) is 19.1 Å². The number of aromatic nitrogens is 1. The normalized spacial score (nSPS) is 14.3. The van der Waals surface area contributed by atoms with E-state index in [9.17, 15) is 29.4 Å². The number of aromatic amines is 1. The molecule has 0 radical (unpaired) electrons. The van der Waals surface area contributed by atoms with Gasteiger partial charge in [0.2, 0.25) is 17.7 Å². The molecule has 0 bridgehead atoms. The van der Waals surface area contributed by atoms with Gasteiger partial charge in [-0.2, -0.15) is 0 Å². The monoisotopic (exact) mass is 537 g/mol. The first-order valence-electron chi connectivity index (χ1n) is 12.7. The number of hydrogen-bond acceptors (Lipinski definition) is 6. The molecule has 3 amide bonds. The van der Waals surface area contributed by atoms with Gasteiger partial charge < -0.3 is 36.9 Å². The number of nitrogens with one attached hydrogen (secondary N) is 4. The third kappa shape index (κ3) is 7.81. The lowest BCUT2D eigenvalue weighted by Crippen LogP contribution is -2.58. The molecule has 0 spiro atoms. The molecule has 3 rings (SSSR count). The van der Waals surface area contributed by atoms with Gasteiger partial charge in [-0.3, -0.25) is 14.4 Å². The smallest absolute Gasteiger partial charge is 0.326 e. The van der Waals surface area contributed by atoms with Gasteiger partial charge in [-0.15, -0.1) is 0 Å². The second-order valence-corrected chi connectivity index (χ2v) is 9.91. The van der Waals surface area contributed by atoms with Crippen LogP contribution in [0.15, 0.2) is 54.7 Å². The second-order valence-electron chi connectivity index (χ2n) is 9.91. The van der Waals surface area contributed by atoms with Crippen LogP contribution < -0.4 is 21.7 Å². The SMILES string of the molecule is CC(N)C(=O)NC(Cc1c[nH]c2ccccc12)C(=O)NC(C(=O)NC(Cc1ccc(O)cc1)C(=O)O)C(C)C. The number of carbonyl (C=O) groups excluding carboxylic acids is 3. The molecule has 3 aromatic rings. The lowest BCUT2D eigenvalue weighted by molar-refractivity contribution is -0.142. The van der Waals surface area contributed by atoms with Crippen LogP contribution in [0.25, 0.3) is 10.9 Å². The van der Waals surface area contributed by atoms with E-state index < -0.39 is 53.8 Å². The number of para-hydroxylation sites is 1. The van der Waals surface area contributed by atoms with Gasteiger partial charge in [-0.05, 0) is 42.2 Å². The van der Waals surface area contributed by atoms with Crippen molar-refractivity contribution in [2.24, 2.45) is 11.7 Å². The maximum atomic E-state index is 13.4. The minimum absolute atomic E-state index is 0.0201. The van der Waals surface area contributed by atoms with Crippen molar-refractivity contribution in [2.75, 3.05) is 0 Å². The number of aliphatic carboxylic acids is 1. The van der Waals surface area contributed by atoms with Crippen LogP contribution in [0.5, 0.6) is 5.75 Å². The van der Waals surface area contributed by atoms with Crippen LogP contribution in [0.2, 0.25) is 0 Å². The highest BCUT2D eigenvalue weighted by atomic mass is 16.4. The number of carboxylic acids is 1. The molecular weight excluding hydrogens is 502 g/mol. The molecule has 0 saturated carbocycles. The van der Waals surface area contributed by atoms with E-state index in [0.717, 1.165) is 16.5 Å². The van der Waals surface area contributed by atoms with Gasteiger partial charge >= 0.3 is 5.97 Å². The lowest BCUT2D eigenvalue weighted by Gasteiger charge is -2.27. The highest BCUT2D eigenvalue weighted by Crippen LogP contribution is 2.19. The second kappa shape index (κ2) is 12.9. The number of H-pyrrole nitrogens is 1. The summed E-state index contributed by atoms with van der Waals surface area (Å²) in [5.74, 6) is -3.40. The maximum absolute atomic E-state index is 13.4. The minimum Gasteiger partial charge on any atom is -0.508 e. The number of carboxylic acid groups (broad SMARTS) is 1. The number of phenols is 1. The fraction of sp³-hybridized carbons (Fsp3) is 0.357. The Hall–Kier alpha value is -4.38. The molecule has 8 N–H and O–H groups in total. The topological polar surface area (TPSA) is 187 Å². The summed E-state index contributed by atoms with van der Waals surface area (Å²) in [4.78, 5) is 54.1. The number of amides is 3. The van der Waals surface area contributed by atoms with Crippen molar-refractivity contribution in [3.05, 3.63) is 65.9 Å². The Morgan fingerprint density at radius 3 is 2.10 bits per heavy atom. The van der Waals surface area contributed by atoms with Crippen LogP contribution in [0.4, 0.5) is 0 Å². The van der Waals surface area contributed by atoms with Crippen LogP contribution in [-0.4, -0.2) is 63.1 Å². The molecule has 11 heteroatoms. The van der Waals surface area contributed by atoms with Crippen molar-refractivity contribution in [1.29, 1.82) is 0 Å². The average Bonchev–Trinajstić information content (AvgIpc) is 3.29. The highest BCUT2D eigenvalue weighted by Gasteiger charge is 2.32. The number of fused-ring (bicyclic) bond motifs is 1. The summed E-state index contributed by atoms with van der Waals surface area (Å²) in [6.07, 6.45) is 1.88. The van der Waals surface area contributed by atoms with Gasteiger partial charge in [0.1, 0.15) is 23.9 Å². The van der Waals surface area contributed by atoms with Crippen molar-refractivity contribution in [3.63, 3.8) is 0 Å². The average molecular weight is 538 g/mol. The van der Waals surface area contributed by atoms with E-state index in [1.807, 2.05) is 24.3 Å². The van der Waals surface area contributed by atoms with Gasteiger partial charge in [0.05, 0.1) is 6.04 Å². The molecule has 0 aliphatic heterocycles. The van der Waals surface area contributed by atoms with Gasteiger partial charge in [0.15, 0.2) is 0 Å². The summed E-state index contributed by atoms with van der Waals surface area (Å²) in [5.41, 5.74) is 7.98. The van der Waals surface area contributed by atoms with Gasteiger partial charge in [0, 0.05) is 29.9 Å². The Morgan fingerprint density at radius 1 is 0.846 bits per heavy atom. The molecule has 4 atom stereocenters. The van der Waals surface area contributed by atoms with Crippen LogP contribution in [0.3, 0.4) is 0 Å². The summed E-state index contributed by atoms with van der Waals surface area (Å²) in [6.45, 7) is 4.94. The number of phenolic OH excluding ortho intramolecular Hbond substituents is 1. The minimum atomic E-state index is -1.26. The number of aromatic hydroxyl groups is 1. The molecule has 208 valence electrons. The van der Waals surface area contributed by atoms with E-state index in [0.29, 0.717) is 5.56 Å². The van der Waals surface area contributed by atoms with Crippen molar-refractivity contribution in [1.82, 2.24) is 20.9 Å². The fourth-order valence-corrected chi connectivity index (χ4v) is 4.15. The molecule has 11 nitrogen and oxygen atoms in total. The zero-order valence-corrected chi connectivity index (χ0v) is 22.1. The molecule has 4 unspecified atom stereocenters. The van der Waals surface area contributed by atoms with E-state index in [4.69, 9.17) is 5.73 Å². The van der Waals surface area contributed by atoms with Gasteiger partial charge in [0.25, 0.3) is 0 Å².